The Bertz CT molecular complexity index is 814. The van der Waals surface area contributed by atoms with Gasteiger partial charge in [-0.05, 0) is 19.8 Å². The van der Waals surface area contributed by atoms with E-state index in [0.29, 0.717) is 17.5 Å². The van der Waals surface area contributed by atoms with Crippen molar-refractivity contribution in [1.29, 1.82) is 0 Å². The van der Waals surface area contributed by atoms with Crippen LogP contribution >= 0.6 is 11.6 Å². The van der Waals surface area contributed by atoms with Crippen LogP contribution in [0, 0.1) is 0 Å². The van der Waals surface area contributed by atoms with E-state index in [-0.39, 0.29) is 22.3 Å². The zero-order valence-electron chi connectivity index (χ0n) is 13.7. The Morgan fingerprint density at radius 2 is 1.89 bits per heavy atom. The van der Waals surface area contributed by atoms with Crippen LogP contribution in [0.2, 0.25) is 5.02 Å². The number of carbonyl (C=O) groups is 1. The largest absolute Gasteiger partial charge is 0.438 e. The lowest BCUT2D eigenvalue weighted by Gasteiger charge is -2.32. The summed E-state index contributed by atoms with van der Waals surface area (Å²) in [6.45, 7) is 0.211. The van der Waals surface area contributed by atoms with Crippen molar-refractivity contribution in [1.82, 2.24) is 14.8 Å². The van der Waals surface area contributed by atoms with E-state index in [1.165, 1.54) is 6.92 Å². The number of halogens is 7. The first-order chi connectivity index (χ1) is 12.3. The number of hydrogen-bond donors (Lipinski definition) is 1. The van der Waals surface area contributed by atoms with E-state index < -0.39 is 47.7 Å². The van der Waals surface area contributed by atoms with Crippen molar-refractivity contribution in [2.75, 3.05) is 0 Å². The predicted molar refractivity (Wildman–Crippen MR) is 79.8 cm³/mol. The maximum Gasteiger partial charge on any atom is 0.438 e. The number of aromatic nitrogens is 2. The number of aliphatic hydroxyl groups is 1. The molecule has 1 atom stereocenters. The molecule has 0 unspecified atom stereocenters. The van der Waals surface area contributed by atoms with Crippen LogP contribution in [0.5, 0.6) is 0 Å². The highest BCUT2D eigenvalue weighted by Crippen LogP contribution is 2.47. The van der Waals surface area contributed by atoms with Crippen molar-refractivity contribution in [3.63, 3.8) is 0 Å². The molecule has 1 aliphatic heterocycles. The monoisotopic (exact) mass is 418 g/mol. The molecule has 1 amide bonds. The number of alkyl halides is 6. The number of rotatable bonds is 3. The van der Waals surface area contributed by atoms with Crippen LogP contribution in [0.3, 0.4) is 0 Å². The van der Waals surface area contributed by atoms with Crippen molar-refractivity contribution in [3.8, 4) is 0 Å². The zero-order valence-corrected chi connectivity index (χ0v) is 14.5. The van der Waals surface area contributed by atoms with Crippen molar-refractivity contribution < 1.29 is 36.2 Å². The van der Waals surface area contributed by atoms with E-state index in [1.807, 2.05) is 0 Å². The van der Waals surface area contributed by atoms with Crippen LogP contribution in [-0.4, -0.2) is 43.4 Å². The number of hydrazone groups is 1. The second-order valence-electron chi connectivity index (χ2n) is 6.51. The number of amides is 1. The third kappa shape index (κ3) is 3.40. The van der Waals surface area contributed by atoms with E-state index in [9.17, 15) is 36.2 Å². The molecule has 1 fully saturated rings. The van der Waals surface area contributed by atoms with Crippen molar-refractivity contribution in [3.05, 3.63) is 16.4 Å². The summed E-state index contributed by atoms with van der Waals surface area (Å²) in [5.74, 6) is -1.72. The molecule has 1 aliphatic carbocycles. The minimum absolute atomic E-state index is 0.0622. The molecule has 150 valence electrons. The van der Waals surface area contributed by atoms with Crippen molar-refractivity contribution in [2.24, 2.45) is 5.10 Å². The van der Waals surface area contributed by atoms with Gasteiger partial charge in [0.05, 0.1) is 10.7 Å². The second kappa shape index (κ2) is 6.09. The van der Waals surface area contributed by atoms with E-state index in [4.69, 9.17) is 11.6 Å². The molecule has 2 aliphatic rings. The van der Waals surface area contributed by atoms with Crippen LogP contribution in [0.25, 0.3) is 0 Å². The minimum atomic E-state index is -5.21. The molecule has 1 aromatic rings. The molecule has 27 heavy (non-hydrogen) atoms. The third-order valence-corrected chi connectivity index (χ3v) is 4.64. The Kier molecular flexibility index (Phi) is 4.50. The first kappa shape index (κ1) is 19.9. The summed E-state index contributed by atoms with van der Waals surface area (Å²) in [4.78, 5) is 12.4. The summed E-state index contributed by atoms with van der Waals surface area (Å²) in [5.41, 5.74) is -5.18. The molecule has 0 radical (unpaired) electrons. The molecule has 0 aromatic carbocycles. The molecular weight excluding hydrogens is 406 g/mol. The number of nitrogens with zero attached hydrogens (tertiary/aromatic N) is 4. The SMILES string of the molecule is CC1=NN(C(=O)Cn2nc(C(F)(F)F)c(Cl)c2C2CC2)[C@@](O)(C(F)(F)F)C1. The maximum absolute atomic E-state index is 13.2. The Morgan fingerprint density at radius 1 is 1.30 bits per heavy atom. The average molecular weight is 419 g/mol. The highest BCUT2D eigenvalue weighted by molar-refractivity contribution is 6.32. The molecule has 1 N–H and O–H groups in total. The molecule has 13 heteroatoms. The average Bonchev–Trinajstić information content (AvgIpc) is 3.19. The van der Waals surface area contributed by atoms with E-state index >= 15 is 0 Å². The minimum Gasteiger partial charge on any atom is -0.362 e. The van der Waals surface area contributed by atoms with Gasteiger partial charge in [-0.25, -0.2) is 0 Å². The quantitative estimate of drug-likeness (QED) is 0.766. The lowest BCUT2D eigenvalue weighted by atomic mass is 10.1. The van der Waals surface area contributed by atoms with Gasteiger partial charge in [0, 0.05) is 18.1 Å². The summed E-state index contributed by atoms with van der Waals surface area (Å²) in [7, 11) is 0. The fraction of sp³-hybridized carbons (Fsp3) is 0.643. The molecule has 0 saturated heterocycles. The topological polar surface area (TPSA) is 70.7 Å². The van der Waals surface area contributed by atoms with Gasteiger partial charge >= 0.3 is 12.4 Å². The Hall–Kier alpha value is -1.82. The van der Waals surface area contributed by atoms with E-state index in [0.717, 1.165) is 0 Å². The van der Waals surface area contributed by atoms with Gasteiger partial charge in [-0.1, -0.05) is 11.6 Å². The Labute approximate surface area is 153 Å². The van der Waals surface area contributed by atoms with Crippen LogP contribution in [0.4, 0.5) is 26.3 Å². The van der Waals surface area contributed by atoms with Crippen molar-refractivity contribution >= 4 is 23.2 Å². The predicted octanol–water partition coefficient (Wildman–Crippen LogP) is 3.29. The summed E-state index contributed by atoms with van der Waals surface area (Å²) in [6.07, 6.45) is -10.0. The third-order valence-electron chi connectivity index (χ3n) is 4.26. The highest BCUT2D eigenvalue weighted by atomic mass is 35.5. The van der Waals surface area contributed by atoms with Gasteiger partial charge in [-0.3, -0.25) is 9.48 Å². The first-order valence-corrected chi connectivity index (χ1v) is 8.13. The Balaban J connectivity index is 1.95. The molecule has 0 spiro atoms. The summed E-state index contributed by atoms with van der Waals surface area (Å²) in [5, 5.41) is 15.8. The van der Waals surface area contributed by atoms with Crippen LogP contribution in [-0.2, 0) is 17.5 Å². The van der Waals surface area contributed by atoms with Gasteiger partial charge in [-0.15, -0.1) is 0 Å². The van der Waals surface area contributed by atoms with Gasteiger partial charge in [0.1, 0.15) is 6.54 Å². The standard InChI is InChI=1S/C14H13ClF6N4O2/c1-6-4-12(27,14(19,20)21)25(22-6)8(26)5-24-10(7-2-3-7)9(15)11(23-24)13(16,17)18/h7,27H,2-5H2,1H3/t12-/m0/s1. The molecule has 2 heterocycles. The fourth-order valence-electron chi connectivity index (χ4n) is 2.90. The molecule has 1 aromatic heterocycles. The lowest BCUT2D eigenvalue weighted by Crippen LogP contribution is -2.57. The normalized spacial score (nSPS) is 23.7. The lowest BCUT2D eigenvalue weighted by molar-refractivity contribution is -0.302. The second-order valence-corrected chi connectivity index (χ2v) is 6.89. The van der Waals surface area contributed by atoms with Gasteiger partial charge in [0.25, 0.3) is 11.6 Å². The van der Waals surface area contributed by atoms with Gasteiger partial charge in [-0.2, -0.15) is 41.6 Å². The molecular formula is C14H13ClF6N4O2. The molecule has 1 saturated carbocycles. The van der Waals surface area contributed by atoms with Crippen LogP contribution in [0.1, 0.15) is 43.5 Å². The molecule has 0 bridgehead atoms. The number of hydrogen-bond acceptors (Lipinski definition) is 4. The van der Waals surface area contributed by atoms with Crippen LogP contribution < -0.4 is 0 Å². The van der Waals surface area contributed by atoms with E-state index in [2.05, 4.69) is 10.2 Å². The van der Waals surface area contributed by atoms with Gasteiger partial charge in [0.2, 0.25) is 0 Å². The van der Waals surface area contributed by atoms with Gasteiger partial charge in [0.15, 0.2) is 5.69 Å². The summed E-state index contributed by atoms with van der Waals surface area (Å²) in [6, 6.07) is 0. The Morgan fingerprint density at radius 3 is 2.37 bits per heavy atom. The maximum atomic E-state index is 13.2. The molecule has 6 nitrogen and oxygen atoms in total. The zero-order chi connectivity index (χ0) is 20.4. The smallest absolute Gasteiger partial charge is 0.362 e. The summed E-state index contributed by atoms with van der Waals surface area (Å²) >= 11 is 5.76. The van der Waals surface area contributed by atoms with Crippen molar-refractivity contribution in [2.45, 2.75) is 56.7 Å². The molecule has 3 rings (SSSR count). The van der Waals surface area contributed by atoms with Crippen LogP contribution in [0.15, 0.2) is 5.10 Å². The highest BCUT2D eigenvalue weighted by Gasteiger charge is 2.62. The van der Waals surface area contributed by atoms with Gasteiger partial charge < -0.3 is 5.11 Å². The number of carbonyl (C=O) groups excluding carboxylic acids is 1. The first-order valence-electron chi connectivity index (χ1n) is 7.75. The fourth-order valence-corrected chi connectivity index (χ4v) is 3.30. The van der Waals surface area contributed by atoms with E-state index in [1.54, 1.807) is 0 Å². The summed E-state index contributed by atoms with van der Waals surface area (Å²) < 4.78 is 79.3.